The van der Waals surface area contributed by atoms with Gasteiger partial charge in [0.05, 0.1) is 21.7 Å². The molecule has 3 aromatic rings. The first-order valence-electron chi connectivity index (χ1n) is 11.1. The molecule has 1 N–H and O–H groups in total. The lowest BCUT2D eigenvalue weighted by molar-refractivity contribution is -0.153. The average molecular weight is 563 g/mol. The Labute approximate surface area is 216 Å². The molecule has 1 unspecified atom stereocenters. The molecule has 204 valence electrons. The molecule has 0 saturated heterocycles. The van der Waals surface area contributed by atoms with Crippen LogP contribution in [0.1, 0.15) is 41.1 Å². The van der Waals surface area contributed by atoms with Crippen molar-refractivity contribution in [3.05, 3.63) is 63.9 Å². The number of nitrogens with zero attached hydrogens (tertiary/aromatic N) is 2. The normalized spacial score (nSPS) is 14.5. The van der Waals surface area contributed by atoms with Crippen molar-refractivity contribution in [2.75, 3.05) is 13.3 Å². The van der Waals surface area contributed by atoms with Gasteiger partial charge in [-0.1, -0.05) is 24.2 Å². The quantitative estimate of drug-likeness (QED) is 0.300. The molecule has 0 bridgehead atoms. The Bertz CT molecular complexity index is 1320. The number of benzene rings is 2. The Morgan fingerprint density at radius 3 is 2.37 bits per heavy atom. The number of hydrogen-bond acceptors (Lipinski definition) is 7. The number of ether oxygens (including phenoxy) is 2. The molecular weight excluding hydrogens is 543 g/mol. The van der Waals surface area contributed by atoms with Crippen molar-refractivity contribution in [1.82, 2.24) is 10.3 Å². The van der Waals surface area contributed by atoms with Crippen LogP contribution >= 0.6 is 11.3 Å². The van der Waals surface area contributed by atoms with Gasteiger partial charge in [0, 0.05) is 11.6 Å². The average Bonchev–Trinajstić information content (AvgIpc) is 3.51. The van der Waals surface area contributed by atoms with Gasteiger partial charge in [-0.2, -0.15) is 26.3 Å². The number of thiazole rings is 1. The summed E-state index contributed by atoms with van der Waals surface area (Å²) in [6.07, 6.45) is -9.54. The summed E-state index contributed by atoms with van der Waals surface area (Å²) in [5.41, 5.74) is 0.0992. The molecule has 1 aliphatic heterocycles. The van der Waals surface area contributed by atoms with Gasteiger partial charge in [-0.3, -0.25) is 0 Å². The highest BCUT2D eigenvalue weighted by atomic mass is 32.1. The van der Waals surface area contributed by atoms with E-state index in [9.17, 15) is 26.3 Å². The SMILES string of the molecule is CCC(Oc1cc(OCC(F)(F)F)c(C2=NOCN2)cc1F)c1sc(-c2ccc(C(F)(F)F)cc2)nc1C. The maximum absolute atomic E-state index is 15.0. The predicted molar refractivity (Wildman–Crippen MR) is 125 cm³/mol. The molecule has 1 atom stereocenters. The second kappa shape index (κ2) is 10.7. The highest BCUT2D eigenvalue weighted by Crippen LogP contribution is 2.39. The Morgan fingerprint density at radius 1 is 1.08 bits per heavy atom. The highest BCUT2D eigenvalue weighted by Gasteiger charge is 2.31. The Kier molecular flexibility index (Phi) is 7.72. The Balaban J connectivity index is 1.62. The van der Waals surface area contributed by atoms with E-state index in [0.29, 0.717) is 27.6 Å². The lowest BCUT2D eigenvalue weighted by Gasteiger charge is -2.20. The third kappa shape index (κ3) is 6.29. The number of alkyl halides is 6. The minimum absolute atomic E-state index is 0.000786. The minimum atomic E-state index is -4.64. The van der Waals surface area contributed by atoms with Gasteiger partial charge in [0.25, 0.3) is 0 Å². The summed E-state index contributed by atoms with van der Waals surface area (Å²) in [6.45, 7) is 1.76. The van der Waals surface area contributed by atoms with Gasteiger partial charge in [0.1, 0.15) is 16.9 Å². The van der Waals surface area contributed by atoms with Crippen LogP contribution in [0.5, 0.6) is 11.5 Å². The number of oxime groups is 1. The first kappa shape index (κ1) is 27.5. The van der Waals surface area contributed by atoms with Crippen molar-refractivity contribution in [1.29, 1.82) is 0 Å². The monoisotopic (exact) mass is 563 g/mol. The summed E-state index contributed by atoms with van der Waals surface area (Å²) in [7, 11) is 0. The summed E-state index contributed by atoms with van der Waals surface area (Å²) in [6, 6.07) is 6.45. The number of hydrogen-bond donors (Lipinski definition) is 1. The summed E-state index contributed by atoms with van der Waals surface area (Å²) < 4.78 is 103. The van der Waals surface area contributed by atoms with Crippen LogP contribution < -0.4 is 14.8 Å². The zero-order chi connectivity index (χ0) is 27.7. The van der Waals surface area contributed by atoms with Crippen LogP contribution in [0.25, 0.3) is 10.6 Å². The molecule has 4 rings (SSSR count). The van der Waals surface area contributed by atoms with E-state index >= 15 is 4.39 Å². The molecule has 0 aliphatic carbocycles. The fourth-order valence-electron chi connectivity index (χ4n) is 3.57. The number of rotatable bonds is 8. The summed E-state index contributed by atoms with van der Waals surface area (Å²) in [5, 5.41) is 6.73. The summed E-state index contributed by atoms with van der Waals surface area (Å²) in [4.78, 5) is 9.79. The smallest absolute Gasteiger partial charge is 0.422 e. The molecule has 14 heteroatoms. The summed E-state index contributed by atoms with van der Waals surface area (Å²) >= 11 is 1.16. The Morgan fingerprint density at radius 2 is 1.79 bits per heavy atom. The highest BCUT2D eigenvalue weighted by molar-refractivity contribution is 7.15. The van der Waals surface area contributed by atoms with E-state index in [0.717, 1.165) is 35.6 Å². The number of halogens is 7. The van der Waals surface area contributed by atoms with E-state index in [-0.39, 0.29) is 29.6 Å². The van der Waals surface area contributed by atoms with Crippen LogP contribution in [0.15, 0.2) is 41.6 Å². The van der Waals surface area contributed by atoms with Crippen molar-refractivity contribution in [2.24, 2.45) is 5.16 Å². The van der Waals surface area contributed by atoms with Gasteiger partial charge in [0.2, 0.25) is 0 Å². The zero-order valence-corrected chi connectivity index (χ0v) is 20.7. The van der Waals surface area contributed by atoms with Crippen molar-refractivity contribution in [2.45, 2.75) is 38.7 Å². The van der Waals surface area contributed by atoms with Gasteiger partial charge in [0.15, 0.2) is 30.7 Å². The second-order valence-corrected chi connectivity index (χ2v) is 9.16. The van der Waals surface area contributed by atoms with E-state index in [1.165, 1.54) is 12.1 Å². The fraction of sp³-hybridized carbons (Fsp3) is 0.333. The van der Waals surface area contributed by atoms with E-state index in [2.05, 4.69) is 15.5 Å². The molecule has 2 aromatic carbocycles. The zero-order valence-electron chi connectivity index (χ0n) is 19.8. The molecule has 1 aliphatic rings. The maximum Gasteiger partial charge on any atom is 0.422 e. The molecule has 0 radical (unpaired) electrons. The minimum Gasteiger partial charge on any atom is -0.483 e. The lowest BCUT2D eigenvalue weighted by Crippen LogP contribution is -2.23. The molecule has 0 fully saturated rings. The van der Waals surface area contributed by atoms with Crippen LogP contribution in [0.2, 0.25) is 0 Å². The second-order valence-electron chi connectivity index (χ2n) is 8.13. The third-order valence-electron chi connectivity index (χ3n) is 5.36. The molecule has 1 aromatic heterocycles. The molecule has 0 spiro atoms. The predicted octanol–water partition coefficient (Wildman–Crippen LogP) is 6.99. The molecule has 6 nitrogen and oxygen atoms in total. The van der Waals surface area contributed by atoms with Crippen molar-refractivity contribution in [3.63, 3.8) is 0 Å². The summed E-state index contributed by atoms with van der Waals surface area (Å²) in [5.74, 6) is -1.56. The van der Waals surface area contributed by atoms with Gasteiger partial charge < -0.3 is 19.6 Å². The topological polar surface area (TPSA) is 65.0 Å². The maximum atomic E-state index is 15.0. The third-order valence-corrected chi connectivity index (χ3v) is 6.66. The van der Waals surface area contributed by atoms with Crippen molar-refractivity contribution < 1.29 is 45.0 Å². The number of nitrogens with one attached hydrogen (secondary N) is 1. The van der Waals surface area contributed by atoms with Crippen molar-refractivity contribution in [3.8, 4) is 22.1 Å². The van der Waals surface area contributed by atoms with Gasteiger partial charge >= 0.3 is 12.4 Å². The van der Waals surface area contributed by atoms with Crippen LogP contribution in [0.4, 0.5) is 30.7 Å². The number of aromatic nitrogens is 1. The van der Waals surface area contributed by atoms with E-state index in [1.807, 2.05) is 0 Å². The first-order valence-corrected chi connectivity index (χ1v) is 12.0. The number of amidine groups is 1. The van der Waals surface area contributed by atoms with Gasteiger partial charge in [-0.05, 0) is 31.5 Å². The molecule has 2 heterocycles. The standard InChI is InChI=1S/C24H20F7N3O3S/c1-3-17(20-12(2)33-22(38-20)13-4-6-14(7-5-13)24(29,30)31)37-19-9-18(35-10-23(26,27)28)15(8-16(19)25)21-32-11-36-34-21/h4-9,17H,3,10-11H2,1-2H3,(H,32,34). The molecule has 0 amide bonds. The van der Waals surface area contributed by atoms with E-state index in [1.54, 1.807) is 13.8 Å². The first-order chi connectivity index (χ1) is 17.9. The van der Waals surface area contributed by atoms with Crippen molar-refractivity contribution >= 4 is 17.2 Å². The van der Waals surface area contributed by atoms with Gasteiger partial charge in [-0.15, -0.1) is 11.3 Å². The van der Waals surface area contributed by atoms with Crippen LogP contribution in [0.3, 0.4) is 0 Å². The largest absolute Gasteiger partial charge is 0.483 e. The van der Waals surface area contributed by atoms with E-state index < -0.39 is 36.4 Å². The van der Waals surface area contributed by atoms with Crippen LogP contribution in [-0.2, 0) is 11.0 Å². The van der Waals surface area contributed by atoms with Crippen LogP contribution in [-0.4, -0.2) is 30.3 Å². The molecule has 0 saturated carbocycles. The Hall–Kier alpha value is -3.55. The van der Waals surface area contributed by atoms with Crippen LogP contribution in [0, 0.1) is 12.7 Å². The van der Waals surface area contributed by atoms with E-state index in [4.69, 9.17) is 14.3 Å². The fourth-order valence-corrected chi connectivity index (χ4v) is 4.76. The van der Waals surface area contributed by atoms with Gasteiger partial charge in [-0.25, -0.2) is 9.37 Å². The molecule has 38 heavy (non-hydrogen) atoms. The molecular formula is C24H20F7N3O3S. The number of aryl methyl sites for hydroxylation is 1. The lowest BCUT2D eigenvalue weighted by atomic mass is 10.1.